The van der Waals surface area contributed by atoms with Gasteiger partial charge in [0.25, 0.3) is 0 Å². The van der Waals surface area contributed by atoms with Gasteiger partial charge in [-0.2, -0.15) is 0 Å². The van der Waals surface area contributed by atoms with Crippen LogP contribution < -0.4 is 11.1 Å². The molecule has 0 bridgehead atoms. The molecule has 0 radical (unpaired) electrons. The SMILES string of the molecule is C=CC(=O)NC(N)CCCCC(=O)CBr. The number of nitrogens with one attached hydrogen (secondary N) is 1. The van der Waals surface area contributed by atoms with Gasteiger partial charge in [-0.05, 0) is 25.3 Å². The molecular formula is C10H17BrN2O2. The summed E-state index contributed by atoms with van der Waals surface area (Å²) in [7, 11) is 0. The van der Waals surface area contributed by atoms with Crippen LogP contribution in [0.2, 0.25) is 0 Å². The second-order valence-electron chi connectivity index (χ2n) is 3.24. The number of carbonyl (C=O) groups is 2. The third-order valence-corrected chi connectivity index (χ3v) is 2.51. The smallest absolute Gasteiger partial charge is 0.244 e. The number of nitrogens with two attached hydrogens (primary N) is 1. The summed E-state index contributed by atoms with van der Waals surface area (Å²) >= 11 is 3.10. The van der Waals surface area contributed by atoms with Crippen molar-refractivity contribution in [2.45, 2.75) is 31.8 Å². The van der Waals surface area contributed by atoms with Crippen LogP contribution in [0.5, 0.6) is 0 Å². The normalized spacial score (nSPS) is 11.9. The third kappa shape index (κ3) is 8.32. The zero-order chi connectivity index (χ0) is 11.7. The number of Topliss-reactive ketones (excluding diaryl/α,β-unsaturated/α-hetero) is 1. The predicted octanol–water partition coefficient (Wildman–Crippen LogP) is 1.10. The van der Waals surface area contributed by atoms with Gasteiger partial charge in [-0.3, -0.25) is 9.59 Å². The number of carbonyl (C=O) groups excluding carboxylic acids is 2. The summed E-state index contributed by atoms with van der Waals surface area (Å²) in [5.74, 6) is -0.0715. The van der Waals surface area contributed by atoms with E-state index in [1.807, 2.05) is 0 Å². The first-order valence-electron chi connectivity index (χ1n) is 4.86. The summed E-state index contributed by atoms with van der Waals surface area (Å²) in [4.78, 5) is 21.8. The van der Waals surface area contributed by atoms with Crippen LogP contribution in [0.15, 0.2) is 12.7 Å². The number of rotatable bonds is 8. The van der Waals surface area contributed by atoms with Gasteiger partial charge in [-0.1, -0.05) is 22.5 Å². The fraction of sp³-hybridized carbons (Fsp3) is 0.600. The van der Waals surface area contributed by atoms with E-state index >= 15 is 0 Å². The number of hydrogen-bond donors (Lipinski definition) is 2. The minimum Gasteiger partial charge on any atom is -0.337 e. The summed E-state index contributed by atoms with van der Waals surface area (Å²) < 4.78 is 0. The topological polar surface area (TPSA) is 72.2 Å². The van der Waals surface area contributed by atoms with Crippen molar-refractivity contribution in [1.29, 1.82) is 0 Å². The minimum atomic E-state index is -0.352. The van der Waals surface area contributed by atoms with Crippen molar-refractivity contribution in [2.75, 3.05) is 5.33 Å². The monoisotopic (exact) mass is 276 g/mol. The van der Waals surface area contributed by atoms with E-state index in [0.29, 0.717) is 18.2 Å². The Morgan fingerprint density at radius 3 is 2.67 bits per heavy atom. The molecule has 0 spiro atoms. The Bertz CT molecular complexity index is 231. The van der Waals surface area contributed by atoms with Gasteiger partial charge in [0.1, 0.15) is 5.78 Å². The van der Waals surface area contributed by atoms with E-state index in [1.165, 1.54) is 6.08 Å². The van der Waals surface area contributed by atoms with Crippen LogP contribution in [0.4, 0.5) is 0 Å². The highest BCUT2D eigenvalue weighted by molar-refractivity contribution is 9.09. The lowest BCUT2D eigenvalue weighted by atomic mass is 10.1. The molecule has 0 rings (SSSR count). The highest BCUT2D eigenvalue weighted by atomic mass is 79.9. The van der Waals surface area contributed by atoms with Gasteiger partial charge in [0.05, 0.1) is 11.5 Å². The molecule has 86 valence electrons. The lowest BCUT2D eigenvalue weighted by Gasteiger charge is -2.11. The summed E-state index contributed by atoms with van der Waals surface area (Å²) in [6, 6.07) is 0. The number of amides is 1. The fourth-order valence-electron chi connectivity index (χ4n) is 1.07. The molecule has 5 heteroatoms. The Kier molecular flexibility index (Phi) is 8.22. The lowest BCUT2D eigenvalue weighted by molar-refractivity contribution is -0.118. The first-order valence-corrected chi connectivity index (χ1v) is 5.98. The average Bonchev–Trinajstić information content (AvgIpc) is 2.23. The molecule has 0 aliphatic carbocycles. The molecule has 0 aromatic rings. The van der Waals surface area contributed by atoms with Crippen molar-refractivity contribution < 1.29 is 9.59 Å². The number of alkyl halides is 1. The van der Waals surface area contributed by atoms with Gasteiger partial charge in [0.15, 0.2) is 0 Å². The molecule has 3 N–H and O–H groups in total. The van der Waals surface area contributed by atoms with E-state index in [4.69, 9.17) is 5.73 Å². The highest BCUT2D eigenvalue weighted by Gasteiger charge is 2.05. The Labute approximate surface area is 98.4 Å². The third-order valence-electron chi connectivity index (χ3n) is 1.88. The van der Waals surface area contributed by atoms with E-state index < -0.39 is 0 Å². The van der Waals surface area contributed by atoms with Gasteiger partial charge in [0, 0.05) is 6.42 Å². The Balaban J connectivity index is 3.46. The number of halogens is 1. The lowest BCUT2D eigenvalue weighted by Crippen LogP contribution is -2.40. The van der Waals surface area contributed by atoms with Crippen LogP contribution in [-0.4, -0.2) is 23.2 Å². The summed E-state index contributed by atoms with van der Waals surface area (Å²) in [5, 5.41) is 2.97. The van der Waals surface area contributed by atoms with Crippen LogP contribution in [0, 0.1) is 0 Å². The van der Waals surface area contributed by atoms with Gasteiger partial charge in [-0.25, -0.2) is 0 Å². The van der Waals surface area contributed by atoms with Crippen LogP contribution in [0.1, 0.15) is 25.7 Å². The fourth-order valence-corrected chi connectivity index (χ4v) is 1.35. The standard InChI is InChI=1S/C10H17BrN2O2/c1-2-10(15)13-9(12)6-4-3-5-8(14)7-11/h2,9H,1,3-7,12H2,(H,13,15). The van der Waals surface area contributed by atoms with E-state index in [-0.39, 0.29) is 17.9 Å². The van der Waals surface area contributed by atoms with E-state index in [9.17, 15) is 9.59 Å². The molecule has 0 aliphatic heterocycles. The van der Waals surface area contributed by atoms with Crippen molar-refractivity contribution in [3.8, 4) is 0 Å². The summed E-state index contributed by atoms with van der Waals surface area (Å²) in [5.41, 5.74) is 5.63. The summed E-state index contributed by atoms with van der Waals surface area (Å²) in [6.45, 7) is 3.33. The Hall–Kier alpha value is -0.680. The molecule has 0 saturated heterocycles. The molecule has 15 heavy (non-hydrogen) atoms. The zero-order valence-corrected chi connectivity index (χ0v) is 10.3. The first-order chi connectivity index (χ1) is 7.10. The molecule has 4 nitrogen and oxygen atoms in total. The Morgan fingerprint density at radius 2 is 2.13 bits per heavy atom. The van der Waals surface area contributed by atoms with Gasteiger partial charge in [0.2, 0.25) is 5.91 Å². The summed E-state index contributed by atoms with van der Waals surface area (Å²) in [6.07, 6.45) is 3.71. The maximum Gasteiger partial charge on any atom is 0.244 e. The van der Waals surface area contributed by atoms with Crippen LogP contribution in [0.3, 0.4) is 0 Å². The van der Waals surface area contributed by atoms with Gasteiger partial charge >= 0.3 is 0 Å². The number of ketones is 1. The van der Waals surface area contributed by atoms with Gasteiger partial charge in [-0.15, -0.1) is 0 Å². The van der Waals surface area contributed by atoms with Crippen LogP contribution in [-0.2, 0) is 9.59 Å². The van der Waals surface area contributed by atoms with Crippen molar-refractivity contribution in [3.05, 3.63) is 12.7 Å². The molecule has 0 saturated carbocycles. The predicted molar refractivity (Wildman–Crippen MR) is 63.6 cm³/mol. The maximum absolute atomic E-state index is 10.9. The molecule has 1 atom stereocenters. The quantitative estimate of drug-likeness (QED) is 0.302. The molecule has 0 heterocycles. The molecular weight excluding hydrogens is 260 g/mol. The largest absolute Gasteiger partial charge is 0.337 e. The molecule has 0 aromatic carbocycles. The minimum absolute atomic E-state index is 0.193. The Morgan fingerprint density at radius 1 is 1.47 bits per heavy atom. The van der Waals surface area contributed by atoms with Gasteiger partial charge < -0.3 is 11.1 Å². The molecule has 1 unspecified atom stereocenters. The number of hydrogen-bond acceptors (Lipinski definition) is 3. The average molecular weight is 277 g/mol. The second kappa shape index (κ2) is 8.61. The molecule has 1 amide bonds. The van der Waals surface area contributed by atoms with Crippen LogP contribution in [0.25, 0.3) is 0 Å². The first kappa shape index (κ1) is 14.3. The van der Waals surface area contributed by atoms with Crippen molar-refractivity contribution in [3.63, 3.8) is 0 Å². The maximum atomic E-state index is 10.9. The van der Waals surface area contributed by atoms with E-state index in [2.05, 4.69) is 27.8 Å². The van der Waals surface area contributed by atoms with E-state index in [0.717, 1.165) is 12.8 Å². The zero-order valence-electron chi connectivity index (χ0n) is 8.67. The second-order valence-corrected chi connectivity index (χ2v) is 3.80. The number of unbranched alkanes of at least 4 members (excludes halogenated alkanes) is 1. The molecule has 0 fully saturated rings. The van der Waals surface area contributed by atoms with Crippen molar-refractivity contribution in [2.24, 2.45) is 5.73 Å². The molecule has 0 aliphatic rings. The van der Waals surface area contributed by atoms with E-state index in [1.54, 1.807) is 0 Å². The van der Waals surface area contributed by atoms with Crippen molar-refractivity contribution in [1.82, 2.24) is 5.32 Å². The van der Waals surface area contributed by atoms with Crippen LogP contribution >= 0.6 is 15.9 Å². The molecule has 0 aromatic heterocycles. The highest BCUT2D eigenvalue weighted by Crippen LogP contribution is 2.03. The van der Waals surface area contributed by atoms with Crippen molar-refractivity contribution >= 4 is 27.6 Å².